The third-order valence-electron chi connectivity index (χ3n) is 4.36. The zero-order valence-corrected chi connectivity index (χ0v) is 18.0. The minimum Gasteiger partial charge on any atom is -0.444 e. The fourth-order valence-corrected chi connectivity index (χ4v) is 3.14. The highest BCUT2D eigenvalue weighted by Crippen LogP contribution is 2.20. The van der Waals surface area contributed by atoms with Gasteiger partial charge in [-0.25, -0.2) is 0 Å². The zero-order chi connectivity index (χ0) is 22.4. The highest BCUT2D eigenvalue weighted by molar-refractivity contribution is 9.10. The van der Waals surface area contributed by atoms with Gasteiger partial charge in [0.15, 0.2) is 10.4 Å². The van der Waals surface area contributed by atoms with Crippen molar-refractivity contribution in [2.24, 2.45) is 0 Å². The van der Waals surface area contributed by atoms with Crippen LogP contribution in [0.1, 0.15) is 34.6 Å². The van der Waals surface area contributed by atoms with Crippen LogP contribution in [0.3, 0.4) is 0 Å². The summed E-state index contributed by atoms with van der Waals surface area (Å²) in [6.07, 6.45) is 0.149. The van der Waals surface area contributed by atoms with Crippen LogP contribution >= 0.6 is 15.9 Å². The number of anilines is 1. The Kier molecular flexibility index (Phi) is 7.41. The molecule has 0 radical (unpaired) electrons. The van der Waals surface area contributed by atoms with Gasteiger partial charge in [0.05, 0.1) is 12.5 Å². The van der Waals surface area contributed by atoms with Crippen molar-refractivity contribution in [1.29, 1.82) is 0 Å². The highest BCUT2D eigenvalue weighted by atomic mass is 79.9. The summed E-state index contributed by atoms with van der Waals surface area (Å²) in [5.41, 5.74) is 2.10. The number of carbonyl (C=O) groups excluding carboxylic acids is 2. The first-order valence-electron chi connectivity index (χ1n) is 9.30. The number of rotatable bonds is 8. The number of carbonyl (C=O) groups is 2. The first-order chi connectivity index (χ1) is 14.8. The van der Waals surface area contributed by atoms with E-state index in [2.05, 4.69) is 31.3 Å². The Morgan fingerprint density at radius 2 is 1.71 bits per heavy atom. The third-order valence-corrected chi connectivity index (χ3v) is 4.78. The van der Waals surface area contributed by atoms with Gasteiger partial charge in [-0.2, -0.15) is 8.78 Å². The molecule has 6 nitrogen and oxygen atoms in total. The quantitative estimate of drug-likeness (QED) is 0.446. The van der Waals surface area contributed by atoms with Crippen LogP contribution in [0.5, 0.6) is 5.75 Å². The number of nitrogens with one attached hydrogen (secondary N) is 2. The molecule has 2 amide bonds. The van der Waals surface area contributed by atoms with E-state index >= 15 is 0 Å². The second-order valence-electron chi connectivity index (χ2n) is 6.67. The SMILES string of the molecule is CC(NC(=O)Cc1ccc(NC(=O)c2ccc(Br)o2)cc1)c1ccc(OC(F)F)cc1. The molecule has 1 aromatic heterocycles. The largest absolute Gasteiger partial charge is 0.444 e. The van der Waals surface area contributed by atoms with Gasteiger partial charge in [0.25, 0.3) is 5.91 Å². The molecule has 0 bridgehead atoms. The monoisotopic (exact) mass is 492 g/mol. The minimum atomic E-state index is -2.88. The zero-order valence-electron chi connectivity index (χ0n) is 16.4. The van der Waals surface area contributed by atoms with E-state index in [1.165, 1.54) is 12.1 Å². The maximum absolute atomic E-state index is 12.3. The molecule has 0 aliphatic carbocycles. The van der Waals surface area contributed by atoms with Crippen LogP contribution in [0.2, 0.25) is 0 Å². The lowest BCUT2D eigenvalue weighted by atomic mass is 10.1. The summed E-state index contributed by atoms with van der Waals surface area (Å²) in [5.74, 6) is -0.338. The second kappa shape index (κ2) is 10.2. The van der Waals surface area contributed by atoms with Crippen molar-refractivity contribution in [2.75, 3.05) is 5.32 Å². The molecule has 31 heavy (non-hydrogen) atoms. The lowest BCUT2D eigenvalue weighted by molar-refractivity contribution is -0.121. The fourth-order valence-electron chi connectivity index (χ4n) is 2.83. The van der Waals surface area contributed by atoms with Crippen molar-refractivity contribution >= 4 is 33.4 Å². The lowest BCUT2D eigenvalue weighted by Crippen LogP contribution is -2.28. The standard InChI is InChI=1S/C22H19BrF2N2O4/c1-13(15-4-8-17(9-5-15)30-22(24)25)26-20(28)12-14-2-6-16(7-3-14)27-21(29)18-10-11-19(23)31-18/h2-11,13,22H,12H2,1H3,(H,26,28)(H,27,29). The number of furan rings is 1. The van der Waals surface area contributed by atoms with Crippen molar-refractivity contribution in [3.63, 3.8) is 0 Å². The summed E-state index contributed by atoms with van der Waals surface area (Å²) in [5, 5.41) is 5.57. The van der Waals surface area contributed by atoms with Gasteiger partial charge >= 0.3 is 6.61 Å². The number of amides is 2. The van der Waals surface area contributed by atoms with Gasteiger partial charge in [-0.15, -0.1) is 0 Å². The molecule has 1 atom stereocenters. The van der Waals surface area contributed by atoms with E-state index in [-0.39, 0.29) is 35.8 Å². The van der Waals surface area contributed by atoms with E-state index in [0.29, 0.717) is 10.4 Å². The van der Waals surface area contributed by atoms with Crippen LogP contribution < -0.4 is 15.4 Å². The fraction of sp³-hybridized carbons (Fsp3) is 0.182. The minimum absolute atomic E-state index is 0.0594. The second-order valence-corrected chi connectivity index (χ2v) is 7.45. The summed E-state index contributed by atoms with van der Waals surface area (Å²) in [6, 6.07) is 15.9. The van der Waals surface area contributed by atoms with Crippen LogP contribution in [0.25, 0.3) is 0 Å². The van der Waals surface area contributed by atoms with E-state index in [9.17, 15) is 18.4 Å². The number of halogens is 3. The summed E-state index contributed by atoms with van der Waals surface area (Å²) >= 11 is 3.14. The van der Waals surface area contributed by atoms with Crippen molar-refractivity contribution in [1.82, 2.24) is 5.32 Å². The number of hydrogen-bond donors (Lipinski definition) is 2. The Bertz CT molecular complexity index is 1040. The van der Waals surface area contributed by atoms with Crippen LogP contribution in [-0.2, 0) is 11.2 Å². The maximum Gasteiger partial charge on any atom is 0.387 e. The molecule has 0 spiro atoms. The molecule has 1 heterocycles. The molecule has 0 aliphatic rings. The molecule has 2 aromatic carbocycles. The Balaban J connectivity index is 1.51. The van der Waals surface area contributed by atoms with E-state index < -0.39 is 6.61 Å². The molecular weight excluding hydrogens is 474 g/mol. The Labute approximate surface area is 185 Å². The summed E-state index contributed by atoms with van der Waals surface area (Å²) in [4.78, 5) is 24.4. The molecule has 3 rings (SSSR count). The molecule has 0 saturated carbocycles. The molecule has 0 saturated heterocycles. The average molecular weight is 493 g/mol. The van der Waals surface area contributed by atoms with Crippen molar-refractivity contribution in [2.45, 2.75) is 26.0 Å². The topological polar surface area (TPSA) is 80.6 Å². The smallest absolute Gasteiger partial charge is 0.387 e. The maximum atomic E-state index is 12.3. The first kappa shape index (κ1) is 22.5. The van der Waals surface area contributed by atoms with Crippen molar-refractivity contribution in [3.05, 3.63) is 82.2 Å². The van der Waals surface area contributed by atoms with Crippen LogP contribution in [0.15, 0.2) is 69.8 Å². The summed E-state index contributed by atoms with van der Waals surface area (Å²) in [6.45, 7) is -1.08. The predicted molar refractivity (Wildman–Crippen MR) is 114 cm³/mol. The number of alkyl halides is 2. The molecule has 2 N–H and O–H groups in total. The summed E-state index contributed by atoms with van der Waals surface area (Å²) in [7, 11) is 0. The number of ether oxygens (including phenoxy) is 1. The van der Waals surface area contributed by atoms with E-state index in [4.69, 9.17) is 4.42 Å². The van der Waals surface area contributed by atoms with Gasteiger partial charge in [0.1, 0.15) is 5.75 Å². The normalized spacial score (nSPS) is 11.8. The van der Waals surface area contributed by atoms with Crippen LogP contribution in [0.4, 0.5) is 14.5 Å². The molecule has 9 heteroatoms. The first-order valence-corrected chi connectivity index (χ1v) is 10.1. The van der Waals surface area contributed by atoms with Gasteiger partial charge in [-0.05, 0) is 70.4 Å². The van der Waals surface area contributed by atoms with E-state index in [1.54, 1.807) is 55.5 Å². The molecule has 3 aromatic rings. The highest BCUT2D eigenvalue weighted by Gasteiger charge is 2.13. The van der Waals surface area contributed by atoms with Gasteiger partial charge in [-0.3, -0.25) is 9.59 Å². The summed E-state index contributed by atoms with van der Waals surface area (Å²) < 4.78 is 34.4. The van der Waals surface area contributed by atoms with Gasteiger partial charge in [0, 0.05) is 5.69 Å². The Hall–Kier alpha value is -3.20. The molecular formula is C22H19BrF2N2O4. The van der Waals surface area contributed by atoms with Gasteiger partial charge in [0.2, 0.25) is 5.91 Å². The third kappa shape index (κ3) is 6.65. The van der Waals surface area contributed by atoms with Gasteiger partial charge in [-0.1, -0.05) is 24.3 Å². The number of benzene rings is 2. The van der Waals surface area contributed by atoms with Crippen LogP contribution in [0, 0.1) is 0 Å². The Morgan fingerprint density at radius 3 is 2.29 bits per heavy atom. The van der Waals surface area contributed by atoms with Gasteiger partial charge < -0.3 is 19.8 Å². The average Bonchev–Trinajstić information content (AvgIpc) is 3.16. The number of hydrogen-bond acceptors (Lipinski definition) is 4. The van der Waals surface area contributed by atoms with E-state index in [1.807, 2.05) is 0 Å². The Morgan fingerprint density at radius 1 is 1.03 bits per heavy atom. The van der Waals surface area contributed by atoms with E-state index in [0.717, 1.165) is 11.1 Å². The molecule has 1 unspecified atom stereocenters. The van der Waals surface area contributed by atoms with Crippen molar-refractivity contribution in [3.8, 4) is 5.75 Å². The predicted octanol–water partition coefficient (Wildman–Crippen LogP) is 5.32. The molecule has 0 fully saturated rings. The molecule has 0 aliphatic heterocycles. The lowest BCUT2D eigenvalue weighted by Gasteiger charge is -2.15. The molecule has 162 valence electrons. The van der Waals surface area contributed by atoms with Crippen LogP contribution in [-0.4, -0.2) is 18.4 Å². The van der Waals surface area contributed by atoms with Crippen molar-refractivity contribution < 1.29 is 27.5 Å².